The number of hydrogen-bond donors (Lipinski definition) is 0. The Kier molecular flexibility index (Phi) is 3.11. The Balaban J connectivity index is 2.71. The van der Waals surface area contributed by atoms with E-state index in [1.54, 1.807) is 0 Å². The van der Waals surface area contributed by atoms with Gasteiger partial charge in [-0.05, 0) is 11.8 Å². The van der Waals surface area contributed by atoms with Gasteiger partial charge in [0.05, 0.1) is 2.74 Å². The van der Waals surface area contributed by atoms with Crippen molar-refractivity contribution in [3.63, 3.8) is 0 Å². The molecule has 88 valence electrons. The summed E-state index contributed by atoms with van der Waals surface area (Å²) in [6, 6.07) is 0. The van der Waals surface area contributed by atoms with E-state index in [2.05, 4.69) is 0 Å². The molecule has 1 heterocycles. The van der Waals surface area contributed by atoms with Gasteiger partial charge in [-0.2, -0.15) is 0 Å². The van der Waals surface area contributed by atoms with Crippen LogP contribution in [0.4, 0.5) is 0 Å². The first-order valence-electron chi connectivity index (χ1n) is 6.25. The van der Waals surface area contributed by atoms with E-state index in [0.717, 1.165) is 0 Å². The molecule has 0 aromatic carbocycles. The van der Waals surface area contributed by atoms with E-state index >= 15 is 0 Å². The molecule has 0 amide bonds. The summed E-state index contributed by atoms with van der Waals surface area (Å²) in [5, 5.41) is 10.5. The minimum atomic E-state index is -1.43. The number of hydrogen-bond acceptors (Lipinski definition) is 4. The van der Waals surface area contributed by atoms with Gasteiger partial charge >= 0.3 is 0 Å². The van der Waals surface area contributed by atoms with Gasteiger partial charge in [-0.1, -0.05) is 20.8 Å². The minimum Gasteiger partial charge on any atom is -0.356 e. The van der Waals surface area contributed by atoms with Gasteiger partial charge in [0.25, 0.3) is 0 Å². The molecule has 1 aliphatic heterocycles. The van der Waals surface area contributed by atoms with Crippen LogP contribution in [0.25, 0.3) is 0 Å². The van der Waals surface area contributed by atoms with E-state index in [4.69, 9.17) is 12.2 Å². The average Bonchev–Trinajstić information content (AvgIpc) is 2.20. The lowest BCUT2D eigenvalue weighted by Crippen LogP contribution is -2.48. The summed E-state index contributed by atoms with van der Waals surface area (Å²) in [5.74, 6) is 0.272. The van der Waals surface area contributed by atoms with Gasteiger partial charge in [-0.15, -0.1) is 0 Å². The molecule has 15 heavy (non-hydrogen) atoms. The molecule has 5 nitrogen and oxygen atoms in total. The molecule has 0 radical (unpaired) electrons. The second kappa shape index (κ2) is 4.90. The number of rotatable bonds is 3. The molecule has 1 fully saturated rings. The van der Waals surface area contributed by atoms with E-state index in [0.29, 0.717) is 0 Å². The smallest absolute Gasteiger partial charge is 0.230 e. The summed E-state index contributed by atoms with van der Waals surface area (Å²) in [7, 11) is -1.43. The first kappa shape index (κ1) is 9.54. The van der Waals surface area contributed by atoms with Gasteiger partial charge in [0.15, 0.2) is 6.29 Å². The Morgan fingerprint density at radius 2 is 2.20 bits per heavy atom. The molecule has 0 aromatic rings. The summed E-state index contributed by atoms with van der Waals surface area (Å²) >= 11 is 0. The fraction of sp³-hybridized carbons (Fsp3) is 1.00. The van der Waals surface area contributed by atoms with Crippen LogP contribution in [-0.4, -0.2) is 30.9 Å². The third-order valence-corrected chi connectivity index (χ3v) is 3.45. The van der Waals surface area contributed by atoms with Crippen LogP contribution < -0.4 is 0 Å². The molecule has 0 N–H and O–H groups in total. The van der Waals surface area contributed by atoms with Crippen molar-refractivity contribution in [1.29, 1.82) is 0 Å². The quantitative estimate of drug-likeness (QED) is 0.534. The van der Waals surface area contributed by atoms with Gasteiger partial charge in [0.2, 0.25) is 6.54 Å². The third-order valence-electron chi connectivity index (χ3n) is 3.45. The Labute approximate surface area is 92.7 Å². The van der Waals surface area contributed by atoms with Gasteiger partial charge in [-0.25, -0.2) is 0 Å². The number of nitrogens with zero attached hydrogens (tertiary/aromatic N) is 1. The second-order valence-electron chi connectivity index (χ2n) is 4.27. The molecule has 0 spiro atoms. The molecular formula is C10H19NO4. The predicted molar refractivity (Wildman–Crippen MR) is 55.0 cm³/mol. The van der Waals surface area contributed by atoms with Crippen LogP contribution in [0.1, 0.15) is 23.5 Å². The first-order chi connectivity index (χ1) is 7.82. The molecule has 5 heteroatoms. The van der Waals surface area contributed by atoms with Crippen molar-refractivity contribution in [3.05, 3.63) is 10.1 Å². The van der Waals surface area contributed by atoms with E-state index in [1.807, 2.05) is 20.8 Å². The maximum atomic E-state index is 10.5. The van der Waals surface area contributed by atoms with Crippen molar-refractivity contribution in [2.45, 2.75) is 33.2 Å². The van der Waals surface area contributed by atoms with Crippen molar-refractivity contribution in [2.75, 3.05) is 13.6 Å². The van der Waals surface area contributed by atoms with Gasteiger partial charge in [0.1, 0.15) is 6.10 Å². The largest absolute Gasteiger partial charge is 0.356 e. The number of methoxy groups -OCH3 is 1. The zero-order valence-corrected chi connectivity index (χ0v) is 9.25. The van der Waals surface area contributed by atoms with E-state index < -0.39 is 24.4 Å². The van der Waals surface area contributed by atoms with E-state index in [-0.39, 0.29) is 24.3 Å². The normalized spacial score (nSPS) is 45.4. The van der Waals surface area contributed by atoms with Gasteiger partial charge < -0.3 is 9.47 Å². The number of ether oxygens (including phenoxy) is 2. The van der Waals surface area contributed by atoms with Crippen molar-refractivity contribution in [2.24, 2.45) is 17.8 Å². The van der Waals surface area contributed by atoms with Crippen LogP contribution in [-0.2, 0) is 9.47 Å². The molecular weight excluding hydrogens is 198 g/mol. The van der Waals surface area contributed by atoms with Crippen molar-refractivity contribution in [3.8, 4) is 0 Å². The molecule has 0 saturated carbocycles. The average molecular weight is 220 g/mol. The lowest BCUT2D eigenvalue weighted by molar-refractivity contribution is -0.499. The Morgan fingerprint density at radius 3 is 2.73 bits per heavy atom. The van der Waals surface area contributed by atoms with Gasteiger partial charge in [-0.3, -0.25) is 10.1 Å². The molecule has 0 aromatic heterocycles. The lowest BCUT2D eigenvalue weighted by atomic mass is 9.79. The van der Waals surface area contributed by atoms with E-state index in [1.165, 1.54) is 0 Å². The Bertz CT molecular complexity index is 277. The summed E-state index contributed by atoms with van der Waals surface area (Å²) in [5.41, 5.74) is 0. The minimum absolute atomic E-state index is 0.0196. The Morgan fingerprint density at radius 1 is 1.53 bits per heavy atom. The second-order valence-corrected chi connectivity index (χ2v) is 4.27. The van der Waals surface area contributed by atoms with Crippen LogP contribution in [0.15, 0.2) is 0 Å². The van der Waals surface area contributed by atoms with Crippen LogP contribution in [0.2, 0.25) is 0 Å². The molecule has 6 atom stereocenters. The monoisotopic (exact) mass is 220 g/mol. The first-order valence-corrected chi connectivity index (χ1v) is 5.10. The summed E-state index contributed by atoms with van der Waals surface area (Å²) in [6.45, 7) is 5.56. The summed E-state index contributed by atoms with van der Waals surface area (Å²) in [6.07, 6.45) is -1.22. The lowest BCUT2D eigenvalue weighted by Gasteiger charge is -2.41. The Hall–Kier alpha value is -0.680. The fourth-order valence-electron chi connectivity index (χ4n) is 2.00. The highest BCUT2D eigenvalue weighted by Gasteiger charge is 2.41. The molecule has 1 aliphatic rings. The fourth-order valence-corrected chi connectivity index (χ4v) is 2.00. The highest BCUT2D eigenvalue weighted by Crippen LogP contribution is 2.35. The molecule has 1 saturated heterocycles. The topological polar surface area (TPSA) is 61.6 Å². The highest BCUT2D eigenvalue weighted by atomic mass is 16.7. The standard InChI is InChI=1S/C10H19NO4/c1-6-7(2)9(5-11(12)13)15-10(14-4)8(6)3/h6-10H,5H2,1-4H3/t6-,7-,8-,9+,10?/m1/s1/i4TD/t4?,6-,7-,8-,9+,10?. The van der Waals surface area contributed by atoms with Crippen LogP contribution >= 0.6 is 0 Å². The van der Waals surface area contributed by atoms with Crippen molar-refractivity contribution in [1.82, 2.24) is 0 Å². The summed E-state index contributed by atoms with van der Waals surface area (Å²) in [4.78, 5) is 10.1. The van der Waals surface area contributed by atoms with Crippen molar-refractivity contribution >= 4 is 0 Å². The van der Waals surface area contributed by atoms with Crippen LogP contribution in [0.3, 0.4) is 0 Å². The molecule has 2 unspecified atom stereocenters. The predicted octanol–water partition coefficient (Wildman–Crippen LogP) is 1.54. The van der Waals surface area contributed by atoms with Crippen LogP contribution in [0.5, 0.6) is 0 Å². The maximum Gasteiger partial charge on any atom is 0.230 e. The van der Waals surface area contributed by atoms with Crippen molar-refractivity contribution < 1.29 is 17.1 Å². The zero-order chi connectivity index (χ0) is 13.2. The zero-order valence-electron chi connectivity index (χ0n) is 11.3. The van der Waals surface area contributed by atoms with E-state index in [9.17, 15) is 10.1 Å². The molecule has 1 rings (SSSR count). The van der Waals surface area contributed by atoms with Crippen LogP contribution in [0, 0.1) is 27.9 Å². The van der Waals surface area contributed by atoms with Gasteiger partial charge in [0, 0.05) is 17.9 Å². The third kappa shape index (κ3) is 2.66. The maximum absolute atomic E-state index is 10.5. The number of nitro groups is 1. The molecule has 0 aliphatic carbocycles. The SMILES string of the molecule is [2H]C([3H])OC1O[C@@H](C[N+](=O)[O-])[C@H](C)[C@@H](C)[C@H]1C. The molecule has 0 bridgehead atoms. The highest BCUT2D eigenvalue weighted by molar-refractivity contribution is 4.82. The summed E-state index contributed by atoms with van der Waals surface area (Å²) < 4.78 is 24.6.